The topological polar surface area (TPSA) is 44.9 Å². The van der Waals surface area contributed by atoms with Crippen molar-refractivity contribution in [2.45, 2.75) is 19.3 Å². The Morgan fingerprint density at radius 2 is 0.917 bits per heavy atom. The second-order valence-corrected chi connectivity index (χ2v) is 13.3. The fourth-order valence-electron chi connectivity index (χ4n) is 7.29. The van der Waals surface area contributed by atoms with Crippen LogP contribution in [0.2, 0.25) is 0 Å². The van der Waals surface area contributed by atoms with Gasteiger partial charge in [-0.05, 0) is 76.9 Å². The molecule has 0 saturated heterocycles. The minimum absolute atomic E-state index is 0.267. The van der Waals surface area contributed by atoms with Crippen LogP contribution in [0.3, 0.4) is 0 Å². The Bertz CT molecular complexity index is 2530. The zero-order chi connectivity index (χ0) is 32.6. The average molecular weight is 623 g/mol. The van der Waals surface area contributed by atoms with Crippen LogP contribution in [0.15, 0.2) is 133 Å². The summed E-state index contributed by atoms with van der Waals surface area (Å²) in [7, 11) is 4.16. The summed E-state index contributed by atoms with van der Waals surface area (Å²) in [5, 5.41) is 0. The molecule has 5 nitrogen and oxygen atoms in total. The lowest BCUT2D eigenvalue weighted by Gasteiger charge is -2.35. The predicted molar refractivity (Wildman–Crippen MR) is 195 cm³/mol. The van der Waals surface area contributed by atoms with Gasteiger partial charge in [-0.25, -0.2) is 9.97 Å². The minimum atomic E-state index is -0.267. The van der Waals surface area contributed by atoms with Crippen molar-refractivity contribution in [1.82, 2.24) is 19.1 Å². The Labute approximate surface area is 279 Å². The van der Waals surface area contributed by atoms with Crippen molar-refractivity contribution in [3.05, 3.63) is 145 Å². The molecule has 0 N–H and O–H groups in total. The van der Waals surface area contributed by atoms with E-state index in [-0.39, 0.29) is 5.41 Å². The van der Waals surface area contributed by atoms with Crippen LogP contribution in [0.1, 0.15) is 25.0 Å². The first kappa shape index (κ1) is 28.3. The number of imidazole rings is 2. The molecule has 0 saturated carbocycles. The third-order valence-corrected chi connectivity index (χ3v) is 10.0. The zero-order valence-electron chi connectivity index (χ0n) is 27.4. The summed E-state index contributed by atoms with van der Waals surface area (Å²) in [4.78, 5) is 9.83. The highest BCUT2D eigenvalue weighted by Gasteiger charge is 2.35. The minimum Gasteiger partial charge on any atom is -0.457 e. The third kappa shape index (κ3) is 4.39. The van der Waals surface area contributed by atoms with Crippen molar-refractivity contribution >= 4 is 22.1 Å². The Morgan fingerprint density at radius 1 is 0.458 bits per heavy atom. The molecule has 1 aliphatic rings. The fraction of sp³-hybridized carbons (Fsp3) is 0.116. The average Bonchev–Trinajstić information content (AvgIpc) is 3.64. The maximum Gasteiger partial charge on any atom is 0.140 e. The molecule has 6 aromatic carbocycles. The normalized spacial score (nSPS) is 13.3. The second-order valence-electron chi connectivity index (χ2n) is 13.3. The number of para-hydroxylation sites is 4. The molecule has 0 amide bonds. The quantitative estimate of drug-likeness (QED) is 0.196. The van der Waals surface area contributed by atoms with Crippen molar-refractivity contribution in [3.8, 4) is 56.5 Å². The fourth-order valence-corrected chi connectivity index (χ4v) is 7.29. The van der Waals surface area contributed by atoms with Gasteiger partial charge in [0.1, 0.15) is 23.1 Å². The molecule has 0 radical (unpaired) electrons. The van der Waals surface area contributed by atoms with E-state index < -0.39 is 0 Å². The lowest BCUT2D eigenvalue weighted by atomic mass is 9.74. The molecule has 9 rings (SSSR count). The van der Waals surface area contributed by atoms with Crippen LogP contribution < -0.4 is 4.74 Å². The summed E-state index contributed by atoms with van der Waals surface area (Å²) < 4.78 is 10.9. The van der Waals surface area contributed by atoms with Gasteiger partial charge in [0.2, 0.25) is 0 Å². The van der Waals surface area contributed by atoms with Crippen LogP contribution in [-0.2, 0) is 19.5 Å². The van der Waals surface area contributed by atoms with Gasteiger partial charge in [-0.1, -0.05) is 92.7 Å². The molecule has 1 aliphatic heterocycles. The van der Waals surface area contributed by atoms with Gasteiger partial charge in [-0.3, -0.25) is 0 Å². The molecule has 0 bridgehead atoms. The van der Waals surface area contributed by atoms with E-state index in [9.17, 15) is 0 Å². The monoisotopic (exact) mass is 622 g/mol. The van der Waals surface area contributed by atoms with Gasteiger partial charge in [-0.15, -0.1) is 0 Å². The standard InChI is InChI=1S/C43H34N4O/c1-43(2)33-25-30(27-16-18-28(19-17-27)41-44-35-12-5-7-14-37(35)46(41)3)20-22-39(33)48-40-23-21-31(26-34(40)43)29-10-9-11-32(24-29)42-45-36-13-6-8-15-38(36)47(42)4/h5-26H,1-4H3. The van der Waals surface area contributed by atoms with E-state index in [1.54, 1.807) is 0 Å². The van der Waals surface area contributed by atoms with Crippen molar-refractivity contribution in [3.63, 3.8) is 0 Å². The molecule has 8 aromatic rings. The Balaban J connectivity index is 1.05. The number of benzene rings is 6. The van der Waals surface area contributed by atoms with Crippen molar-refractivity contribution in [1.29, 1.82) is 0 Å². The molecule has 48 heavy (non-hydrogen) atoms. The van der Waals surface area contributed by atoms with Gasteiger partial charge < -0.3 is 13.9 Å². The molecule has 0 fully saturated rings. The lowest BCUT2D eigenvalue weighted by Crippen LogP contribution is -2.24. The molecular formula is C43H34N4O. The molecule has 232 valence electrons. The largest absolute Gasteiger partial charge is 0.457 e. The van der Waals surface area contributed by atoms with Crippen LogP contribution in [-0.4, -0.2) is 19.1 Å². The molecule has 0 aliphatic carbocycles. The van der Waals surface area contributed by atoms with E-state index in [0.29, 0.717) is 0 Å². The smallest absolute Gasteiger partial charge is 0.140 e. The van der Waals surface area contributed by atoms with Gasteiger partial charge in [0.15, 0.2) is 0 Å². The number of aromatic nitrogens is 4. The molecule has 5 heteroatoms. The van der Waals surface area contributed by atoms with Crippen molar-refractivity contribution < 1.29 is 4.74 Å². The van der Waals surface area contributed by atoms with Crippen LogP contribution in [0.25, 0.3) is 67.1 Å². The van der Waals surface area contributed by atoms with E-state index >= 15 is 0 Å². The number of rotatable bonds is 4. The van der Waals surface area contributed by atoms with Crippen LogP contribution in [0, 0.1) is 0 Å². The maximum absolute atomic E-state index is 6.53. The molecule has 3 heterocycles. The van der Waals surface area contributed by atoms with Crippen LogP contribution in [0.4, 0.5) is 0 Å². The first-order valence-corrected chi connectivity index (χ1v) is 16.4. The third-order valence-electron chi connectivity index (χ3n) is 10.0. The van der Waals surface area contributed by atoms with E-state index in [1.807, 2.05) is 12.1 Å². The highest BCUT2D eigenvalue weighted by molar-refractivity contribution is 5.83. The maximum atomic E-state index is 6.53. The Hall–Kier alpha value is -5.94. The van der Waals surface area contributed by atoms with Gasteiger partial charge in [0.05, 0.1) is 22.1 Å². The second kappa shape index (κ2) is 10.5. The first-order chi connectivity index (χ1) is 23.3. The zero-order valence-corrected chi connectivity index (χ0v) is 27.4. The lowest BCUT2D eigenvalue weighted by molar-refractivity contribution is 0.418. The molecule has 0 spiro atoms. The van der Waals surface area contributed by atoms with Crippen LogP contribution in [0.5, 0.6) is 11.5 Å². The van der Waals surface area contributed by atoms with Gasteiger partial charge in [-0.2, -0.15) is 0 Å². The van der Waals surface area contributed by atoms with E-state index in [1.165, 1.54) is 11.1 Å². The highest BCUT2D eigenvalue weighted by Crippen LogP contribution is 2.50. The number of hydrogen-bond donors (Lipinski definition) is 0. The molecule has 0 unspecified atom stereocenters. The van der Waals surface area contributed by atoms with E-state index in [2.05, 4.69) is 158 Å². The summed E-state index contributed by atoms with van der Waals surface area (Å²) in [6.45, 7) is 4.59. The van der Waals surface area contributed by atoms with Crippen molar-refractivity contribution in [2.75, 3.05) is 0 Å². The Kier molecular flexibility index (Phi) is 6.21. The number of aryl methyl sites for hydroxylation is 2. The first-order valence-electron chi connectivity index (χ1n) is 16.4. The van der Waals surface area contributed by atoms with Crippen LogP contribution >= 0.6 is 0 Å². The molecule has 0 atom stereocenters. The van der Waals surface area contributed by atoms with E-state index in [4.69, 9.17) is 14.7 Å². The van der Waals surface area contributed by atoms with Crippen molar-refractivity contribution in [2.24, 2.45) is 14.1 Å². The Morgan fingerprint density at radius 3 is 1.50 bits per heavy atom. The highest BCUT2D eigenvalue weighted by atomic mass is 16.5. The van der Waals surface area contributed by atoms with Gasteiger partial charge in [0, 0.05) is 41.8 Å². The summed E-state index contributed by atoms with van der Waals surface area (Å²) in [5.41, 5.74) is 13.2. The SMILES string of the molecule is Cn1c(-c2ccc(-c3ccc4c(c3)C(C)(C)c3cc(-c5cccc(-c6nc7ccccc7n6C)c5)ccc3O4)cc2)nc2ccccc21. The van der Waals surface area contributed by atoms with Gasteiger partial charge in [0.25, 0.3) is 0 Å². The summed E-state index contributed by atoms with van der Waals surface area (Å²) >= 11 is 0. The number of nitrogens with zero attached hydrogens (tertiary/aromatic N) is 4. The molecule has 2 aromatic heterocycles. The number of hydrogen-bond acceptors (Lipinski definition) is 3. The summed E-state index contributed by atoms with van der Waals surface area (Å²) in [6, 6.07) is 47.1. The summed E-state index contributed by atoms with van der Waals surface area (Å²) in [5.74, 6) is 3.74. The number of fused-ring (bicyclic) bond motifs is 4. The summed E-state index contributed by atoms with van der Waals surface area (Å²) in [6.07, 6.45) is 0. The van der Waals surface area contributed by atoms with Gasteiger partial charge >= 0.3 is 0 Å². The number of ether oxygens (including phenoxy) is 1. The molecular weight excluding hydrogens is 589 g/mol. The van der Waals surface area contributed by atoms with E-state index in [0.717, 1.165) is 78.6 Å². The predicted octanol–water partition coefficient (Wildman–Crippen LogP) is 10.6.